The molecule has 0 aromatic heterocycles. The molecule has 0 heterocycles. The third-order valence-electron chi connectivity index (χ3n) is 15.8. The van der Waals surface area contributed by atoms with Crippen LogP contribution in [0.3, 0.4) is 0 Å². The molecule has 0 aliphatic rings. The van der Waals surface area contributed by atoms with Crippen molar-refractivity contribution < 1.29 is 80.2 Å². The predicted octanol–water partition coefficient (Wildman–Crippen LogP) is 22.7. The number of carbonyl (C=O) groups is 4. The fourth-order valence-corrected chi connectivity index (χ4v) is 11.5. The molecule has 0 aliphatic carbocycles. The van der Waals surface area contributed by atoms with Crippen LogP contribution in [0.4, 0.5) is 0 Å². The van der Waals surface area contributed by atoms with Crippen LogP contribution in [-0.4, -0.2) is 96.7 Å². The molecular formula is C83H138O17P2. The van der Waals surface area contributed by atoms with Gasteiger partial charge in [0.15, 0.2) is 12.2 Å². The Hall–Kier alpha value is -5.06. The maximum Gasteiger partial charge on any atom is 0.472 e. The number of carbonyl (C=O) groups excluding carboxylic acids is 4. The highest BCUT2D eigenvalue weighted by molar-refractivity contribution is 7.47. The van der Waals surface area contributed by atoms with Gasteiger partial charge in [-0.05, 0) is 161 Å². The van der Waals surface area contributed by atoms with Crippen molar-refractivity contribution in [1.29, 1.82) is 0 Å². The summed E-state index contributed by atoms with van der Waals surface area (Å²) in [5.74, 6) is -2.26. The zero-order valence-electron chi connectivity index (χ0n) is 63.5. The highest BCUT2D eigenvalue weighted by atomic mass is 31.2. The van der Waals surface area contributed by atoms with Crippen LogP contribution in [0.15, 0.2) is 146 Å². The summed E-state index contributed by atoms with van der Waals surface area (Å²) in [5, 5.41) is 10.6. The molecule has 0 amide bonds. The number of ether oxygens (including phenoxy) is 4. The molecule has 0 fully saturated rings. The van der Waals surface area contributed by atoms with Gasteiger partial charge < -0.3 is 33.8 Å². The molecular weight excluding hydrogens is 1330 g/mol. The Labute approximate surface area is 617 Å². The molecule has 19 heteroatoms. The zero-order valence-corrected chi connectivity index (χ0v) is 65.3. The Morgan fingerprint density at radius 2 is 0.510 bits per heavy atom. The first-order valence-electron chi connectivity index (χ1n) is 39.1. The number of phosphoric acid groups is 2. The number of hydrogen-bond donors (Lipinski definition) is 3. The molecule has 0 radical (unpaired) electrons. The van der Waals surface area contributed by atoms with E-state index in [1.54, 1.807) is 0 Å². The number of aliphatic hydroxyl groups excluding tert-OH is 1. The van der Waals surface area contributed by atoms with E-state index in [-0.39, 0.29) is 25.7 Å². The number of allylic oxidation sites excluding steroid dienone is 24. The van der Waals surface area contributed by atoms with Crippen molar-refractivity contribution in [1.82, 2.24) is 0 Å². The quantitative estimate of drug-likeness (QED) is 0.0169. The van der Waals surface area contributed by atoms with E-state index in [9.17, 15) is 43.2 Å². The Kier molecular flexibility index (Phi) is 70.5. The fourth-order valence-electron chi connectivity index (χ4n) is 9.92. The second-order valence-corrected chi connectivity index (χ2v) is 28.4. The van der Waals surface area contributed by atoms with Gasteiger partial charge in [-0.25, -0.2) is 9.13 Å². The summed E-state index contributed by atoms with van der Waals surface area (Å²) in [4.78, 5) is 73.0. The molecule has 0 saturated heterocycles. The lowest BCUT2D eigenvalue weighted by Gasteiger charge is -2.21. The first kappa shape index (κ1) is 96.9. The number of unbranched alkanes of at least 4 members (excludes halogenated alkanes) is 22. The number of aliphatic hydroxyl groups is 1. The maximum atomic E-state index is 13.1. The number of rotatable bonds is 72. The molecule has 0 rings (SSSR count). The van der Waals surface area contributed by atoms with Crippen LogP contribution in [-0.2, 0) is 65.4 Å². The molecule has 0 saturated carbocycles. The van der Waals surface area contributed by atoms with E-state index in [0.717, 1.165) is 193 Å². The van der Waals surface area contributed by atoms with Crippen molar-refractivity contribution >= 4 is 39.5 Å². The summed E-state index contributed by atoms with van der Waals surface area (Å²) >= 11 is 0. The van der Waals surface area contributed by atoms with Gasteiger partial charge in [0, 0.05) is 25.7 Å². The van der Waals surface area contributed by atoms with Gasteiger partial charge >= 0.3 is 39.5 Å². The molecule has 0 bridgehead atoms. The molecule has 0 aromatic carbocycles. The topological polar surface area (TPSA) is 237 Å². The summed E-state index contributed by atoms with van der Waals surface area (Å²) in [6.07, 6.45) is 84.0. The van der Waals surface area contributed by atoms with E-state index in [1.807, 2.05) is 0 Å². The minimum atomic E-state index is -4.99. The summed E-state index contributed by atoms with van der Waals surface area (Å²) in [5.41, 5.74) is 0. The molecule has 0 aromatic rings. The van der Waals surface area contributed by atoms with Crippen LogP contribution < -0.4 is 0 Å². The third kappa shape index (κ3) is 73.3. The first-order valence-corrected chi connectivity index (χ1v) is 42.1. The van der Waals surface area contributed by atoms with E-state index in [1.165, 1.54) is 25.7 Å². The zero-order chi connectivity index (χ0) is 74.6. The Morgan fingerprint density at radius 1 is 0.284 bits per heavy atom. The average Bonchev–Trinajstić information content (AvgIpc) is 0.939. The highest BCUT2D eigenvalue weighted by Gasteiger charge is 2.30. The van der Waals surface area contributed by atoms with Crippen molar-refractivity contribution in [3.05, 3.63) is 146 Å². The third-order valence-corrected chi connectivity index (χ3v) is 17.7. The maximum absolute atomic E-state index is 13.1. The van der Waals surface area contributed by atoms with E-state index in [4.69, 9.17) is 37.0 Å². The van der Waals surface area contributed by atoms with E-state index in [2.05, 4.69) is 174 Å². The number of hydrogen-bond acceptors (Lipinski definition) is 15. The monoisotopic (exact) mass is 1470 g/mol. The number of phosphoric ester groups is 2. The fraction of sp³-hybridized carbons (Fsp3) is 0.663. The Balaban J connectivity index is 5.42. The van der Waals surface area contributed by atoms with Crippen LogP contribution in [0, 0.1) is 0 Å². The van der Waals surface area contributed by atoms with Crippen molar-refractivity contribution in [3.63, 3.8) is 0 Å². The molecule has 5 unspecified atom stereocenters. The van der Waals surface area contributed by atoms with E-state index < -0.39 is 97.5 Å². The standard InChI is InChI=1S/C83H138O17P2/c1-5-9-13-17-21-25-29-33-36-38-41-44-47-51-55-59-63-67-80(85)93-73-78(99-82(87)69-65-61-57-53-49-43-32-28-24-20-16-12-8-4)75-97-101(89,90)95-71-77(84)72-96-102(91,92)98-76-79(100-83(88)70-66-62-58-54-50-46-40-35-31-27-23-19-15-11-7-3)74-94-81(86)68-64-60-56-52-48-45-42-39-37-34-30-26-22-18-14-10-6-2/h9-11,13-15,21-23,25-28,32-37,40-42,44-45,77-79,84H,5-8,12,16-20,24,29-31,38-39,43,46-76H2,1-4H3,(H,89,90)(H,91,92)/b13-9-,14-10-,15-11-,25-21-,26-22-,27-23-,32-28-,36-33-,37-34-,40-35-,44-41-,45-42-. The predicted molar refractivity (Wildman–Crippen MR) is 417 cm³/mol. The molecule has 5 atom stereocenters. The summed E-state index contributed by atoms with van der Waals surface area (Å²) < 4.78 is 68.5. The van der Waals surface area contributed by atoms with Crippen molar-refractivity contribution in [2.45, 2.75) is 316 Å². The summed E-state index contributed by atoms with van der Waals surface area (Å²) in [7, 11) is -9.98. The minimum Gasteiger partial charge on any atom is -0.462 e. The lowest BCUT2D eigenvalue weighted by Crippen LogP contribution is -2.30. The average molecular weight is 1470 g/mol. The van der Waals surface area contributed by atoms with Gasteiger partial charge in [-0.2, -0.15) is 0 Å². The molecule has 102 heavy (non-hydrogen) atoms. The van der Waals surface area contributed by atoms with Gasteiger partial charge in [0.2, 0.25) is 0 Å². The Bertz CT molecular complexity index is 2510. The van der Waals surface area contributed by atoms with Gasteiger partial charge in [-0.3, -0.25) is 37.3 Å². The van der Waals surface area contributed by atoms with E-state index >= 15 is 0 Å². The van der Waals surface area contributed by atoms with Crippen LogP contribution in [0.2, 0.25) is 0 Å². The lowest BCUT2D eigenvalue weighted by molar-refractivity contribution is -0.161. The summed E-state index contributed by atoms with van der Waals surface area (Å²) in [6, 6.07) is 0. The molecule has 582 valence electrons. The van der Waals surface area contributed by atoms with Gasteiger partial charge in [-0.15, -0.1) is 0 Å². The first-order chi connectivity index (χ1) is 49.7. The van der Waals surface area contributed by atoms with Crippen molar-refractivity contribution in [3.8, 4) is 0 Å². The normalized spacial score (nSPS) is 14.7. The second-order valence-electron chi connectivity index (χ2n) is 25.5. The highest BCUT2D eigenvalue weighted by Crippen LogP contribution is 2.45. The molecule has 0 aliphatic heterocycles. The van der Waals surface area contributed by atoms with Crippen molar-refractivity contribution in [2.24, 2.45) is 0 Å². The Morgan fingerprint density at radius 3 is 0.794 bits per heavy atom. The van der Waals surface area contributed by atoms with Crippen LogP contribution in [0.25, 0.3) is 0 Å². The van der Waals surface area contributed by atoms with Crippen molar-refractivity contribution in [2.75, 3.05) is 39.6 Å². The smallest absolute Gasteiger partial charge is 0.462 e. The van der Waals surface area contributed by atoms with Gasteiger partial charge in [-0.1, -0.05) is 257 Å². The minimum absolute atomic E-state index is 0.0651. The van der Waals surface area contributed by atoms with Crippen LogP contribution in [0.5, 0.6) is 0 Å². The SMILES string of the molecule is CC/C=C\C/C=C\C/C=C\C/C=C\CCCCCCC(=O)OCC(COP(=O)(O)OCC(O)COP(=O)(O)OCC(COC(=O)CCCCCC/C=C\C/C=C\C/C=C\C/C=C\CC)OC(=O)CCCCCCC/C=C\CCCCCC)OC(=O)CCCCCCC/C=C\C/C=C\C/C=C\CC. The van der Waals surface area contributed by atoms with Gasteiger partial charge in [0.25, 0.3) is 0 Å². The largest absolute Gasteiger partial charge is 0.472 e. The number of esters is 4. The molecule has 3 N–H and O–H groups in total. The molecule has 0 spiro atoms. The van der Waals surface area contributed by atoms with Gasteiger partial charge in [0.05, 0.1) is 26.4 Å². The lowest BCUT2D eigenvalue weighted by atomic mass is 10.1. The second kappa shape index (κ2) is 74.2. The van der Waals surface area contributed by atoms with E-state index in [0.29, 0.717) is 25.7 Å². The summed E-state index contributed by atoms with van der Waals surface area (Å²) in [6.45, 7) is 4.43. The molecule has 17 nitrogen and oxygen atoms in total. The van der Waals surface area contributed by atoms with Crippen LogP contribution >= 0.6 is 15.6 Å². The van der Waals surface area contributed by atoms with Crippen LogP contribution in [0.1, 0.15) is 297 Å². The van der Waals surface area contributed by atoms with Gasteiger partial charge in [0.1, 0.15) is 19.3 Å².